The third-order valence-corrected chi connectivity index (χ3v) is 10.7. The van der Waals surface area contributed by atoms with E-state index in [0.29, 0.717) is 12.8 Å². The van der Waals surface area contributed by atoms with Crippen LogP contribution >= 0.6 is 0 Å². The number of nitrogens with one attached hydrogen (secondary N) is 1. The molecule has 0 fully saturated rings. The zero-order valence-electron chi connectivity index (χ0n) is 34.1. The molecule has 304 valence electrons. The Hall–Kier alpha value is -0.950. The molecule has 1 amide bonds. The van der Waals surface area contributed by atoms with Crippen LogP contribution in [0.25, 0.3) is 0 Å². The van der Waals surface area contributed by atoms with E-state index in [9.17, 15) is 25.2 Å². The van der Waals surface area contributed by atoms with Crippen LogP contribution in [-0.4, -0.2) is 57.3 Å². The fourth-order valence-corrected chi connectivity index (χ4v) is 7.11. The van der Waals surface area contributed by atoms with Gasteiger partial charge in [-0.2, -0.15) is 0 Å². The average molecular weight is 724 g/mol. The summed E-state index contributed by atoms with van der Waals surface area (Å²) in [4.78, 5) is 12.5. The molecular formula is C45H89NO5. The molecule has 0 saturated heterocycles. The predicted molar refractivity (Wildman–Crippen MR) is 219 cm³/mol. The molecule has 0 aliphatic heterocycles. The first kappa shape index (κ1) is 50.1. The van der Waals surface area contributed by atoms with Gasteiger partial charge in [0, 0.05) is 0 Å². The second kappa shape index (κ2) is 40.2. The molecule has 0 bridgehead atoms. The summed E-state index contributed by atoms with van der Waals surface area (Å²) in [5.41, 5.74) is 0. The van der Waals surface area contributed by atoms with Gasteiger partial charge in [0.2, 0.25) is 5.91 Å². The number of carbonyl (C=O) groups is 1. The summed E-state index contributed by atoms with van der Waals surface area (Å²) < 4.78 is 0. The molecule has 5 N–H and O–H groups in total. The van der Waals surface area contributed by atoms with E-state index in [0.717, 1.165) is 57.8 Å². The minimum atomic E-state index is -1.26. The maximum absolute atomic E-state index is 12.5. The van der Waals surface area contributed by atoms with Gasteiger partial charge in [0.05, 0.1) is 18.8 Å². The van der Waals surface area contributed by atoms with E-state index < -0.39 is 36.9 Å². The fourth-order valence-electron chi connectivity index (χ4n) is 7.11. The molecule has 4 atom stereocenters. The Morgan fingerprint density at radius 1 is 0.471 bits per heavy atom. The van der Waals surface area contributed by atoms with Crippen LogP contribution in [0.5, 0.6) is 0 Å². The Balaban J connectivity index is 3.64. The van der Waals surface area contributed by atoms with Crippen LogP contribution in [0.1, 0.15) is 239 Å². The van der Waals surface area contributed by atoms with Gasteiger partial charge in [0.1, 0.15) is 12.2 Å². The van der Waals surface area contributed by atoms with E-state index in [1.54, 1.807) is 0 Å². The average Bonchev–Trinajstić information content (AvgIpc) is 3.13. The molecule has 0 aromatic carbocycles. The highest BCUT2D eigenvalue weighted by molar-refractivity contribution is 5.80. The summed E-state index contributed by atoms with van der Waals surface area (Å²) in [6, 6.07) is -0.986. The van der Waals surface area contributed by atoms with Crippen molar-refractivity contribution < 1.29 is 25.2 Å². The summed E-state index contributed by atoms with van der Waals surface area (Å²) in [6.45, 7) is 4.02. The maximum atomic E-state index is 12.5. The van der Waals surface area contributed by atoms with Crippen molar-refractivity contribution in [3.05, 3.63) is 12.2 Å². The normalized spacial score (nSPS) is 14.2. The minimum Gasteiger partial charge on any atom is -0.394 e. The van der Waals surface area contributed by atoms with Gasteiger partial charge in [-0.05, 0) is 38.5 Å². The zero-order chi connectivity index (χ0) is 37.5. The Morgan fingerprint density at radius 2 is 0.784 bits per heavy atom. The minimum absolute atomic E-state index is 0.356. The predicted octanol–water partition coefficient (Wildman–Crippen LogP) is 11.8. The van der Waals surface area contributed by atoms with E-state index in [1.807, 2.05) is 0 Å². The number of hydrogen-bond donors (Lipinski definition) is 5. The third-order valence-electron chi connectivity index (χ3n) is 10.7. The molecule has 0 aromatic heterocycles. The number of amides is 1. The molecule has 0 aromatic rings. The van der Waals surface area contributed by atoms with Crippen molar-refractivity contribution in [2.45, 2.75) is 263 Å². The van der Waals surface area contributed by atoms with Gasteiger partial charge in [-0.1, -0.05) is 212 Å². The molecule has 6 nitrogen and oxygen atoms in total. The first-order chi connectivity index (χ1) is 25.0. The fraction of sp³-hybridized carbons (Fsp3) is 0.933. The SMILES string of the molecule is CCCCC/C=C\CCCCCCC(O)C(=O)NC(CO)C(O)C(O)CCCCCCCCCCCCCCCCCCCCCCCCCC. The highest BCUT2D eigenvalue weighted by Crippen LogP contribution is 2.17. The van der Waals surface area contributed by atoms with Gasteiger partial charge in [0.25, 0.3) is 0 Å². The van der Waals surface area contributed by atoms with Crippen LogP contribution in [0.2, 0.25) is 0 Å². The Morgan fingerprint density at radius 3 is 1.18 bits per heavy atom. The lowest BCUT2D eigenvalue weighted by molar-refractivity contribution is -0.132. The lowest BCUT2D eigenvalue weighted by Gasteiger charge is -2.27. The molecule has 0 aliphatic rings. The molecule has 0 saturated carbocycles. The van der Waals surface area contributed by atoms with Crippen LogP contribution < -0.4 is 5.32 Å². The highest BCUT2D eigenvalue weighted by Gasteiger charge is 2.28. The Kier molecular flexibility index (Phi) is 39.5. The quantitative estimate of drug-likeness (QED) is 0.0319. The second-order valence-electron chi connectivity index (χ2n) is 15.8. The first-order valence-corrected chi connectivity index (χ1v) is 22.6. The van der Waals surface area contributed by atoms with E-state index in [-0.39, 0.29) is 0 Å². The van der Waals surface area contributed by atoms with Gasteiger partial charge in [-0.3, -0.25) is 4.79 Å². The van der Waals surface area contributed by atoms with Gasteiger partial charge in [-0.25, -0.2) is 0 Å². The third kappa shape index (κ3) is 34.6. The van der Waals surface area contributed by atoms with Crippen molar-refractivity contribution in [2.24, 2.45) is 0 Å². The van der Waals surface area contributed by atoms with Gasteiger partial charge in [0.15, 0.2) is 0 Å². The maximum Gasteiger partial charge on any atom is 0.249 e. The van der Waals surface area contributed by atoms with Gasteiger partial charge >= 0.3 is 0 Å². The molecule has 0 aliphatic carbocycles. The van der Waals surface area contributed by atoms with Crippen molar-refractivity contribution in [1.29, 1.82) is 0 Å². The molecular weight excluding hydrogens is 634 g/mol. The molecule has 51 heavy (non-hydrogen) atoms. The number of aliphatic hydroxyl groups is 4. The van der Waals surface area contributed by atoms with Crippen LogP contribution in [0.15, 0.2) is 12.2 Å². The summed E-state index contributed by atoms with van der Waals surface area (Å²) in [7, 11) is 0. The molecule has 4 unspecified atom stereocenters. The highest BCUT2D eigenvalue weighted by atomic mass is 16.3. The lowest BCUT2D eigenvalue weighted by Crippen LogP contribution is -2.53. The number of allylic oxidation sites excluding steroid dienone is 2. The van der Waals surface area contributed by atoms with Crippen LogP contribution in [0.4, 0.5) is 0 Å². The largest absolute Gasteiger partial charge is 0.394 e. The number of aliphatic hydroxyl groups excluding tert-OH is 4. The number of hydrogen-bond acceptors (Lipinski definition) is 5. The van der Waals surface area contributed by atoms with Crippen molar-refractivity contribution in [3.63, 3.8) is 0 Å². The second-order valence-corrected chi connectivity index (χ2v) is 15.8. The Bertz CT molecular complexity index is 731. The monoisotopic (exact) mass is 724 g/mol. The molecule has 0 spiro atoms. The molecule has 6 heteroatoms. The topological polar surface area (TPSA) is 110 Å². The zero-order valence-corrected chi connectivity index (χ0v) is 34.1. The summed E-state index contributed by atoms with van der Waals surface area (Å²) >= 11 is 0. The van der Waals surface area contributed by atoms with Gasteiger partial charge < -0.3 is 25.7 Å². The van der Waals surface area contributed by atoms with Crippen molar-refractivity contribution in [3.8, 4) is 0 Å². The molecule has 0 radical (unpaired) electrons. The van der Waals surface area contributed by atoms with Crippen LogP contribution in [0, 0.1) is 0 Å². The Labute approximate surface area is 317 Å². The summed E-state index contributed by atoms with van der Waals surface area (Å²) in [5.74, 6) is -0.592. The lowest BCUT2D eigenvalue weighted by atomic mass is 9.99. The first-order valence-electron chi connectivity index (χ1n) is 22.6. The number of carbonyl (C=O) groups excluding carboxylic acids is 1. The van der Waals surface area contributed by atoms with Crippen molar-refractivity contribution in [2.75, 3.05) is 6.61 Å². The molecule has 0 heterocycles. The summed E-state index contributed by atoms with van der Waals surface area (Å²) in [5, 5.41) is 43.6. The van der Waals surface area contributed by atoms with E-state index in [1.165, 1.54) is 154 Å². The van der Waals surface area contributed by atoms with Crippen LogP contribution in [0.3, 0.4) is 0 Å². The van der Waals surface area contributed by atoms with E-state index >= 15 is 0 Å². The van der Waals surface area contributed by atoms with Crippen LogP contribution in [-0.2, 0) is 4.79 Å². The standard InChI is InChI=1S/C45H89NO5/c1-3-5-7-9-11-13-15-16-17-18-19-20-21-22-23-24-25-26-27-29-30-32-34-36-38-42(48)44(50)41(40-47)46-45(51)43(49)39-37-35-33-31-28-14-12-10-8-6-4-2/h12,14,41-44,47-50H,3-11,13,15-40H2,1-2H3,(H,46,51)/b14-12-. The number of unbranched alkanes of at least 4 members (excludes halogenated alkanes) is 30. The van der Waals surface area contributed by atoms with E-state index in [4.69, 9.17) is 0 Å². The van der Waals surface area contributed by atoms with Gasteiger partial charge in [-0.15, -0.1) is 0 Å². The molecule has 0 rings (SSSR count). The smallest absolute Gasteiger partial charge is 0.249 e. The summed E-state index contributed by atoms with van der Waals surface area (Å²) in [6.07, 6.45) is 44.0. The van der Waals surface area contributed by atoms with Crippen molar-refractivity contribution >= 4 is 5.91 Å². The van der Waals surface area contributed by atoms with E-state index in [2.05, 4.69) is 31.3 Å². The number of rotatable bonds is 41. The van der Waals surface area contributed by atoms with Crippen molar-refractivity contribution in [1.82, 2.24) is 5.32 Å².